The molecule has 0 spiro atoms. The van der Waals surface area contributed by atoms with Crippen LogP contribution in [0.5, 0.6) is 0 Å². The van der Waals surface area contributed by atoms with Crippen molar-refractivity contribution in [3.05, 3.63) is 35.9 Å². The van der Waals surface area contributed by atoms with Crippen molar-refractivity contribution in [3.63, 3.8) is 0 Å². The van der Waals surface area contributed by atoms with Crippen molar-refractivity contribution in [1.29, 1.82) is 0 Å². The molecule has 0 amide bonds. The number of benzene rings is 1. The van der Waals surface area contributed by atoms with Crippen LogP contribution in [0, 0.1) is 0 Å². The number of carbonyl (C=O) groups is 3. The van der Waals surface area contributed by atoms with E-state index in [9.17, 15) is 29.7 Å². The molecule has 0 saturated heterocycles. The fourth-order valence-corrected chi connectivity index (χ4v) is 2.27. The molecule has 0 saturated carbocycles. The molecule has 1 aromatic rings. The van der Waals surface area contributed by atoms with Gasteiger partial charge in [0.15, 0.2) is 0 Å². The molecular formula is C15H18NO7S-3. The molecule has 0 fully saturated rings. The van der Waals surface area contributed by atoms with Gasteiger partial charge in [0, 0.05) is 42.8 Å². The number of carboxylic acid groups (broad SMARTS) is 3. The van der Waals surface area contributed by atoms with E-state index in [1.165, 1.54) is 5.56 Å². The van der Waals surface area contributed by atoms with Crippen LogP contribution in [0.25, 0.3) is 0 Å². The normalized spacial score (nSPS) is 10.4. The quantitative estimate of drug-likeness (QED) is 0.429. The summed E-state index contributed by atoms with van der Waals surface area (Å²) in [7, 11) is 0. The van der Waals surface area contributed by atoms with E-state index in [-0.39, 0.29) is 0 Å². The molecule has 0 aliphatic rings. The first-order valence-electron chi connectivity index (χ1n) is 6.86. The molecule has 0 atom stereocenters. The fourth-order valence-electron chi connectivity index (χ4n) is 1.53. The van der Waals surface area contributed by atoms with Crippen LogP contribution < -0.4 is 21.1 Å². The number of rotatable bonds is 9. The number of carbonyl (C=O) groups excluding carboxylic acids is 3. The van der Waals surface area contributed by atoms with Crippen LogP contribution in [0.3, 0.4) is 0 Å². The van der Waals surface area contributed by atoms with Gasteiger partial charge in [0.25, 0.3) is 0 Å². The molecule has 1 rings (SSSR count). The van der Waals surface area contributed by atoms with Gasteiger partial charge in [0.2, 0.25) is 0 Å². The molecule has 0 aliphatic carbocycles. The van der Waals surface area contributed by atoms with Gasteiger partial charge in [-0.15, -0.1) is 0 Å². The second kappa shape index (κ2) is 11.4. The Morgan fingerprint density at radius 2 is 1.54 bits per heavy atom. The summed E-state index contributed by atoms with van der Waals surface area (Å²) >= 11 is 1.88. The Bertz CT molecular complexity index is 520. The van der Waals surface area contributed by atoms with E-state index in [1.54, 1.807) is 0 Å². The van der Waals surface area contributed by atoms with Gasteiger partial charge >= 0.3 is 0 Å². The summed E-state index contributed by atoms with van der Waals surface area (Å²) in [6.07, 6.45) is -2.72. The molecule has 0 radical (unpaired) electrons. The van der Waals surface area contributed by atoms with E-state index in [0.29, 0.717) is 0 Å². The van der Waals surface area contributed by atoms with Crippen LogP contribution in [0.1, 0.15) is 18.4 Å². The Labute approximate surface area is 143 Å². The second-order valence-electron chi connectivity index (χ2n) is 4.74. The van der Waals surface area contributed by atoms with Crippen LogP contribution >= 0.6 is 11.8 Å². The van der Waals surface area contributed by atoms with Crippen molar-refractivity contribution >= 4 is 29.7 Å². The molecule has 24 heavy (non-hydrogen) atoms. The van der Waals surface area contributed by atoms with E-state index in [1.807, 2.05) is 17.8 Å². The summed E-state index contributed by atoms with van der Waals surface area (Å²) in [5, 5.41) is 38.9. The highest BCUT2D eigenvalue weighted by Crippen LogP contribution is 2.13. The standard InChI is InChI=1S/C9H13NS.C6H8O7/c10-6-7-11-8-9-4-2-1-3-5-9;7-3(8)1-6(13,5(11)12)2-4(9)10/h1-5H,6-8,10H2;13H,1-2H2,(H,7,8)(H,9,10)(H,11,12)/p-3. The Balaban J connectivity index is 0.000000446. The number of aliphatic carboxylic acids is 3. The maximum Gasteiger partial charge on any atom is 0.114 e. The summed E-state index contributed by atoms with van der Waals surface area (Å²) in [6.45, 7) is 0.775. The Hall–Kier alpha value is -2.10. The van der Waals surface area contributed by atoms with Crippen molar-refractivity contribution in [2.45, 2.75) is 24.2 Å². The lowest BCUT2D eigenvalue weighted by Gasteiger charge is -2.29. The third-order valence-electron chi connectivity index (χ3n) is 2.63. The Kier molecular flexibility index (Phi) is 10.4. The Morgan fingerprint density at radius 3 is 1.92 bits per heavy atom. The molecule has 8 nitrogen and oxygen atoms in total. The largest absolute Gasteiger partial charge is 0.550 e. The van der Waals surface area contributed by atoms with E-state index < -0.39 is 36.4 Å². The highest BCUT2D eigenvalue weighted by atomic mass is 32.2. The van der Waals surface area contributed by atoms with Gasteiger partial charge in [-0.1, -0.05) is 30.3 Å². The van der Waals surface area contributed by atoms with Gasteiger partial charge in [0.1, 0.15) is 5.60 Å². The zero-order valence-corrected chi connectivity index (χ0v) is 13.6. The molecule has 0 aromatic heterocycles. The minimum absolute atomic E-state index is 0.775. The maximum absolute atomic E-state index is 10.1. The first kappa shape index (κ1) is 21.9. The number of thioether (sulfide) groups is 1. The third-order valence-corrected chi connectivity index (χ3v) is 3.69. The van der Waals surface area contributed by atoms with E-state index in [2.05, 4.69) is 24.3 Å². The molecule has 0 heterocycles. The smallest absolute Gasteiger partial charge is 0.114 e. The van der Waals surface area contributed by atoms with Crippen molar-refractivity contribution in [3.8, 4) is 0 Å². The first-order chi connectivity index (χ1) is 11.2. The SMILES string of the molecule is NCCSCc1ccccc1.O=C([O-])CC(O)(CC(=O)[O-])C(=O)[O-]. The first-order valence-corrected chi connectivity index (χ1v) is 8.02. The second-order valence-corrected chi connectivity index (χ2v) is 5.85. The number of carboxylic acids is 3. The maximum atomic E-state index is 10.1. The fraction of sp³-hybridized carbons (Fsp3) is 0.400. The summed E-state index contributed by atoms with van der Waals surface area (Å²) in [5.41, 5.74) is 3.78. The van der Waals surface area contributed by atoms with Crippen molar-refractivity contribution in [2.75, 3.05) is 12.3 Å². The van der Waals surface area contributed by atoms with Gasteiger partial charge in [-0.05, 0) is 5.56 Å². The monoisotopic (exact) mass is 356 g/mol. The minimum atomic E-state index is -2.97. The van der Waals surface area contributed by atoms with E-state index in [0.717, 1.165) is 18.1 Å². The van der Waals surface area contributed by atoms with E-state index >= 15 is 0 Å². The molecule has 3 N–H and O–H groups in total. The Morgan fingerprint density at radius 1 is 1.04 bits per heavy atom. The highest BCUT2D eigenvalue weighted by Gasteiger charge is 2.29. The minimum Gasteiger partial charge on any atom is -0.550 e. The topological polar surface area (TPSA) is 167 Å². The van der Waals surface area contributed by atoms with Gasteiger partial charge in [-0.25, -0.2) is 0 Å². The molecule has 134 valence electrons. The predicted molar refractivity (Wildman–Crippen MR) is 80.9 cm³/mol. The number of hydrogen-bond donors (Lipinski definition) is 2. The van der Waals surface area contributed by atoms with Crippen molar-refractivity contribution in [1.82, 2.24) is 0 Å². The predicted octanol–water partition coefficient (Wildman–Crippen LogP) is -3.37. The summed E-state index contributed by atoms with van der Waals surface area (Å²) in [6, 6.07) is 10.5. The highest BCUT2D eigenvalue weighted by molar-refractivity contribution is 7.98. The molecule has 9 heteroatoms. The molecular weight excluding hydrogens is 338 g/mol. The lowest BCUT2D eigenvalue weighted by molar-refractivity contribution is -0.339. The number of nitrogens with two attached hydrogens (primary N) is 1. The van der Waals surface area contributed by atoms with Crippen molar-refractivity contribution < 1.29 is 34.8 Å². The third kappa shape index (κ3) is 9.82. The average molecular weight is 356 g/mol. The van der Waals surface area contributed by atoms with Crippen LogP contribution in [0.4, 0.5) is 0 Å². The zero-order valence-electron chi connectivity index (χ0n) is 12.8. The van der Waals surface area contributed by atoms with Crippen molar-refractivity contribution in [2.24, 2.45) is 5.73 Å². The van der Waals surface area contributed by atoms with Crippen LogP contribution in [0.2, 0.25) is 0 Å². The van der Waals surface area contributed by atoms with Gasteiger partial charge in [-0.2, -0.15) is 11.8 Å². The number of hydrogen-bond acceptors (Lipinski definition) is 9. The zero-order chi connectivity index (χ0) is 18.6. The average Bonchev–Trinajstić information content (AvgIpc) is 2.47. The molecule has 0 unspecified atom stereocenters. The van der Waals surface area contributed by atoms with Crippen LogP contribution in [-0.2, 0) is 20.1 Å². The van der Waals surface area contributed by atoms with Gasteiger partial charge in [-0.3, -0.25) is 0 Å². The van der Waals surface area contributed by atoms with Gasteiger partial charge < -0.3 is 40.5 Å². The lowest BCUT2D eigenvalue weighted by Crippen LogP contribution is -2.54. The van der Waals surface area contributed by atoms with Gasteiger partial charge in [0.05, 0.1) is 5.97 Å². The molecule has 1 aromatic carbocycles. The molecule has 0 aliphatic heterocycles. The van der Waals surface area contributed by atoms with E-state index in [4.69, 9.17) is 10.8 Å². The summed E-state index contributed by atoms with van der Waals surface area (Å²) < 4.78 is 0. The summed E-state index contributed by atoms with van der Waals surface area (Å²) in [4.78, 5) is 30.0. The lowest BCUT2D eigenvalue weighted by atomic mass is 9.96. The summed E-state index contributed by atoms with van der Waals surface area (Å²) in [5.74, 6) is -3.85. The molecule has 0 bridgehead atoms. The van der Waals surface area contributed by atoms with Crippen LogP contribution in [0.15, 0.2) is 30.3 Å². The van der Waals surface area contributed by atoms with Crippen LogP contribution in [-0.4, -0.2) is 40.9 Å². The number of aliphatic hydroxyl groups is 1.